The van der Waals surface area contributed by atoms with Crippen LogP contribution < -0.4 is 5.32 Å². The minimum Gasteiger partial charge on any atom is -0.345 e. The summed E-state index contributed by atoms with van der Waals surface area (Å²) in [4.78, 5) is 26.2. The van der Waals surface area contributed by atoms with Gasteiger partial charge in [-0.25, -0.2) is 8.42 Å². The number of carbonyl (C=O) groups is 2. The lowest BCUT2D eigenvalue weighted by Crippen LogP contribution is -2.31. The third kappa shape index (κ3) is 6.17. The average molecular weight is 458 g/mol. The van der Waals surface area contributed by atoms with E-state index in [1.165, 1.54) is 4.90 Å². The van der Waals surface area contributed by atoms with E-state index in [1.54, 1.807) is 66.9 Å². The molecule has 0 radical (unpaired) electrons. The van der Waals surface area contributed by atoms with Gasteiger partial charge in [0, 0.05) is 44.9 Å². The summed E-state index contributed by atoms with van der Waals surface area (Å²) in [6.07, 6.45) is 4.69. The van der Waals surface area contributed by atoms with Crippen molar-refractivity contribution in [2.75, 3.05) is 32.5 Å². The van der Waals surface area contributed by atoms with Crippen LogP contribution in [0.1, 0.15) is 48.0 Å². The molecule has 0 bridgehead atoms. The third-order valence-electron chi connectivity index (χ3n) is 5.57. The number of sulfonamides is 1. The first-order chi connectivity index (χ1) is 15.3. The molecule has 2 aromatic rings. The second kappa shape index (κ2) is 10.7. The van der Waals surface area contributed by atoms with E-state index >= 15 is 0 Å². The molecule has 8 heteroatoms. The molecular weight excluding hydrogens is 426 g/mol. The number of nitrogens with zero attached hydrogens (tertiary/aromatic N) is 2. The van der Waals surface area contributed by atoms with Gasteiger partial charge in [0.1, 0.15) is 0 Å². The number of hydrogen-bond acceptors (Lipinski definition) is 4. The van der Waals surface area contributed by atoms with Crippen LogP contribution in [-0.4, -0.2) is 56.6 Å². The lowest BCUT2D eigenvalue weighted by molar-refractivity contribution is -0.116. The molecule has 172 valence electrons. The molecule has 0 spiro atoms. The van der Waals surface area contributed by atoms with Crippen molar-refractivity contribution in [2.45, 2.75) is 43.4 Å². The summed E-state index contributed by atoms with van der Waals surface area (Å²) in [5.41, 5.74) is 1.97. The van der Waals surface area contributed by atoms with Gasteiger partial charge in [-0.3, -0.25) is 9.59 Å². The van der Waals surface area contributed by atoms with Gasteiger partial charge in [-0.05, 0) is 55.2 Å². The van der Waals surface area contributed by atoms with E-state index in [0.717, 1.165) is 31.2 Å². The van der Waals surface area contributed by atoms with Gasteiger partial charge < -0.3 is 10.2 Å². The van der Waals surface area contributed by atoms with Crippen molar-refractivity contribution in [1.82, 2.24) is 9.21 Å². The van der Waals surface area contributed by atoms with Crippen molar-refractivity contribution in [3.05, 3.63) is 59.7 Å². The monoisotopic (exact) mass is 457 g/mol. The van der Waals surface area contributed by atoms with Crippen molar-refractivity contribution < 1.29 is 18.0 Å². The summed E-state index contributed by atoms with van der Waals surface area (Å²) in [6.45, 7) is 1.15. The standard InChI is InChI=1S/C24H31N3O4S/c1-26(2)24(29)20-8-7-9-21(18-20)25-23(28)15-12-19-10-13-22(14-11-19)32(30,31)27-16-5-3-4-6-17-27/h7-11,13-14,18H,3-6,12,15-17H2,1-2H3,(H,25,28). The summed E-state index contributed by atoms with van der Waals surface area (Å²) in [5, 5.41) is 2.82. The van der Waals surface area contributed by atoms with Gasteiger partial charge in [0.2, 0.25) is 15.9 Å². The molecule has 1 aliphatic rings. The van der Waals surface area contributed by atoms with Crippen LogP contribution in [0.25, 0.3) is 0 Å². The number of carbonyl (C=O) groups excluding carboxylic acids is 2. The smallest absolute Gasteiger partial charge is 0.253 e. The molecule has 0 aromatic heterocycles. The van der Waals surface area contributed by atoms with Crippen LogP contribution >= 0.6 is 0 Å². The second-order valence-electron chi connectivity index (χ2n) is 8.29. The zero-order valence-electron chi connectivity index (χ0n) is 18.7. The molecule has 1 saturated heterocycles. The first kappa shape index (κ1) is 23.9. The molecule has 7 nitrogen and oxygen atoms in total. The van der Waals surface area contributed by atoms with Crippen molar-refractivity contribution in [2.24, 2.45) is 0 Å². The molecule has 0 atom stereocenters. The summed E-state index contributed by atoms with van der Waals surface area (Å²) in [6, 6.07) is 13.6. The Morgan fingerprint density at radius 3 is 2.25 bits per heavy atom. The van der Waals surface area contributed by atoms with E-state index in [0.29, 0.717) is 35.7 Å². The molecule has 1 aliphatic heterocycles. The molecule has 1 fully saturated rings. The Morgan fingerprint density at radius 1 is 0.969 bits per heavy atom. The largest absolute Gasteiger partial charge is 0.345 e. The van der Waals surface area contributed by atoms with Crippen LogP contribution in [-0.2, 0) is 21.2 Å². The summed E-state index contributed by atoms with van der Waals surface area (Å²) >= 11 is 0. The first-order valence-electron chi connectivity index (χ1n) is 11.0. The molecular formula is C24H31N3O4S. The van der Waals surface area contributed by atoms with E-state index in [1.807, 2.05) is 0 Å². The number of amides is 2. The van der Waals surface area contributed by atoms with Crippen molar-refractivity contribution in [3.63, 3.8) is 0 Å². The second-order valence-corrected chi connectivity index (χ2v) is 10.2. The quantitative estimate of drug-likeness (QED) is 0.689. The highest BCUT2D eigenvalue weighted by Crippen LogP contribution is 2.21. The minimum absolute atomic E-state index is 0.128. The number of benzene rings is 2. The SMILES string of the molecule is CN(C)C(=O)c1cccc(NC(=O)CCc2ccc(S(=O)(=O)N3CCCCCC3)cc2)c1. The van der Waals surface area contributed by atoms with Gasteiger partial charge in [0.15, 0.2) is 0 Å². The molecule has 2 aromatic carbocycles. The number of hydrogen-bond donors (Lipinski definition) is 1. The van der Waals surface area contributed by atoms with Gasteiger partial charge in [-0.15, -0.1) is 0 Å². The maximum absolute atomic E-state index is 12.9. The topological polar surface area (TPSA) is 86.8 Å². The molecule has 2 amide bonds. The molecule has 1 N–H and O–H groups in total. The van der Waals surface area contributed by atoms with E-state index in [2.05, 4.69) is 5.32 Å². The van der Waals surface area contributed by atoms with Gasteiger partial charge in [0.25, 0.3) is 5.91 Å². The van der Waals surface area contributed by atoms with Crippen LogP contribution in [0.3, 0.4) is 0 Å². The fourth-order valence-corrected chi connectivity index (χ4v) is 5.25. The predicted molar refractivity (Wildman–Crippen MR) is 125 cm³/mol. The first-order valence-corrected chi connectivity index (χ1v) is 12.4. The molecule has 32 heavy (non-hydrogen) atoms. The highest BCUT2D eigenvalue weighted by atomic mass is 32.2. The molecule has 3 rings (SSSR count). The molecule has 0 unspecified atom stereocenters. The number of anilines is 1. The lowest BCUT2D eigenvalue weighted by Gasteiger charge is -2.20. The highest BCUT2D eigenvalue weighted by Gasteiger charge is 2.24. The number of nitrogens with one attached hydrogen (secondary N) is 1. The number of rotatable bonds is 7. The normalized spacial score (nSPS) is 15.1. The summed E-state index contributed by atoms with van der Waals surface area (Å²) in [7, 11) is -0.111. The Hall–Kier alpha value is -2.71. The zero-order valence-corrected chi connectivity index (χ0v) is 19.5. The van der Waals surface area contributed by atoms with Crippen molar-refractivity contribution in [1.29, 1.82) is 0 Å². The Bertz CT molecular complexity index is 1040. The molecule has 1 heterocycles. The third-order valence-corrected chi connectivity index (χ3v) is 7.48. The van der Waals surface area contributed by atoms with Crippen molar-refractivity contribution >= 4 is 27.5 Å². The van der Waals surface area contributed by atoms with E-state index in [-0.39, 0.29) is 18.2 Å². The van der Waals surface area contributed by atoms with Gasteiger partial charge in [-0.1, -0.05) is 31.0 Å². The minimum atomic E-state index is -3.47. The fraction of sp³-hybridized carbons (Fsp3) is 0.417. The van der Waals surface area contributed by atoms with Gasteiger partial charge >= 0.3 is 0 Å². The zero-order chi connectivity index (χ0) is 23.1. The Balaban J connectivity index is 1.56. The average Bonchev–Trinajstić information content (AvgIpc) is 3.08. The van der Waals surface area contributed by atoms with E-state index in [4.69, 9.17) is 0 Å². The summed E-state index contributed by atoms with van der Waals surface area (Å²) in [5.74, 6) is -0.294. The Kier molecular flexibility index (Phi) is 8.04. The van der Waals surface area contributed by atoms with Crippen LogP contribution in [0.15, 0.2) is 53.4 Å². The Morgan fingerprint density at radius 2 is 1.62 bits per heavy atom. The Labute approximate surface area is 190 Å². The van der Waals surface area contributed by atoms with E-state index < -0.39 is 10.0 Å². The van der Waals surface area contributed by atoms with E-state index in [9.17, 15) is 18.0 Å². The summed E-state index contributed by atoms with van der Waals surface area (Å²) < 4.78 is 27.3. The lowest BCUT2D eigenvalue weighted by atomic mass is 10.1. The van der Waals surface area contributed by atoms with Crippen molar-refractivity contribution in [3.8, 4) is 0 Å². The van der Waals surface area contributed by atoms with Gasteiger partial charge in [0.05, 0.1) is 4.90 Å². The molecule has 0 aliphatic carbocycles. The molecule has 0 saturated carbocycles. The fourth-order valence-electron chi connectivity index (χ4n) is 3.73. The maximum atomic E-state index is 12.9. The van der Waals surface area contributed by atoms with Crippen LogP contribution in [0.5, 0.6) is 0 Å². The van der Waals surface area contributed by atoms with Crippen LogP contribution in [0, 0.1) is 0 Å². The maximum Gasteiger partial charge on any atom is 0.253 e. The predicted octanol–water partition coefficient (Wildman–Crippen LogP) is 3.52. The van der Waals surface area contributed by atoms with Crippen LogP contribution in [0.4, 0.5) is 5.69 Å². The highest BCUT2D eigenvalue weighted by molar-refractivity contribution is 7.89. The van der Waals surface area contributed by atoms with Gasteiger partial charge in [-0.2, -0.15) is 4.31 Å². The van der Waals surface area contributed by atoms with Crippen LogP contribution in [0.2, 0.25) is 0 Å². The number of aryl methyl sites for hydroxylation is 1.